The number of carbonyl (C=O) groups excluding carboxylic acids is 1. The Morgan fingerprint density at radius 1 is 0.905 bits per heavy atom. The second-order valence-corrected chi connectivity index (χ2v) is 10.5. The molecule has 0 spiro atoms. The fraction of sp³-hybridized carbons (Fsp3) is 0.333. The van der Waals surface area contributed by atoms with Crippen molar-refractivity contribution >= 4 is 28.5 Å². The minimum absolute atomic E-state index is 0.0378. The highest BCUT2D eigenvalue weighted by atomic mass is 35.5. The highest BCUT2D eigenvalue weighted by molar-refractivity contribution is 6.32. The van der Waals surface area contributed by atoms with Crippen molar-refractivity contribution in [2.45, 2.75) is 39.7 Å². The molecule has 5 rings (SSSR count). The maximum Gasteiger partial charge on any atom is 0.290 e. The van der Waals surface area contributed by atoms with E-state index in [4.69, 9.17) is 35.0 Å². The van der Waals surface area contributed by atoms with Gasteiger partial charge in [0.15, 0.2) is 28.4 Å². The van der Waals surface area contributed by atoms with E-state index in [1.54, 1.807) is 31.3 Å². The van der Waals surface area contributed by atoms with Gasteiger partial charge in [0.2, 0.25) is 5.76 Å². The Bertz CT molecular complexity index is 1700. The van der Waals surface area contributed by atoms with E-state index in [2.05, 4.69) is 0 Å². The lowest BCUT2D eigenvalue weighted by Gasteiger charge is -2.26. The Labute approximate surface area is 249 Å². The van der Waals surface area contributed by atoms with Crippen LogP contribution in [0, 0.1) is 6.92 Å². The van der Waals surface area contributed by atoms with Crippen molar-refractivity contribution in [3.8, 4) is 23.0 Å². The van der Waals surface area contributed by atoms with E-state index in [1.165, 1.54) is 0 Å². The molecule has 1 aliphatic heterocycles. The number of fused-ring (bicyclic) bond motifs is 2. The quantitative estimate of drug-likeness (QED) is 0.191. The molecule has 2 heterocycles. The number of benzene rings is 3. The molecular weight excluding hydrogens is 558 g/mol. The Morgan fingerprint density at radius 2 is 1.67 bits per heavy atom. The van der Waals surface area contributed by atoms with Gasteiger partial charge in [0.1, 0.15) is 5.58 Å². The highest BCUT2D eigenvalue weighted by Crippen LogP contribution is 2.41. The first-order valence-electron chi connectivity index (χ1n) is 14.0. The molecule has 42 heavy (non-hydrogen) atoms. The maximum absolute atomic E-state index is 14.0. The van der Waals surface area contributed by atoms with Crippen LogP contribution in [0.15, 0.2) is 57.7 Å². The van der Waals surface area contributed by atoms with E-state index in [0.717, 1.165) is 17.5 Å². The van der Waals surface area contributed by atoms with Crippen LogP contribution in [0.5, 0.6) is 23.0 Å². The number of hydrogen-bond donors (Lipinski definition) is 0. The normalized spacial score (nSPS) is 14.3. The number of methoxy groups -OCH3 is 2. The lowest BCUT2D eigenvalue weighted by Crippen LogP contribution is -2.31. The summed E-state index contributed by atoms with van der Waals surface area (Å²) < 4.78 is 28.8. The Morgan fingerprint density at radius 3 is 2.38 bits per heavy atom. The first kappa shape index (κ1) is 29.3. The van der Waals surface area contributed by atoms with Gasteiger partial charge < -0.3 is 28.3 Å². The number of carbonyl (C=O) groups is 1. The molecule has 1 amide bonds. The van der Waals surface area contributed by atoms with Crippen LogP contribution < -0.4 is 24.4 Å². The van der Waals surface area contributed by atoms with E-state index in [0.29, 0.717) is 70.7 Å². The maximum atomic E-state index is 14.0. The molecule has 3 aromatic carbocycles. The summed E-state index contributed by atoms with van der Waals surface area (Å²) in [6.45, 7) is 7.04. The molecule has 0 saturated carbocycles. The molecule has 1 aliphatic rings. The van der Waals surface area contributed by atoms with Crippen molar-refractivity contribution < 1.29 is 28.2 Å². The van der Waals surface area contributed by atoms with Crippen molar-refractivity contribution in [1.29, 1.82) is 0 Å². The van der Waals surface area contributed by atoms with E-state index in [1.807, 2.05) is 57.2 Å². The van der Waals surface area contributed by atoms with Crippen LogP contribution in [0.1, 0.15) is 59.1 Å². The first-order valence-corrected chi connectivity index (χ1v) is 14.4. The number of nitrogens with zero attached hydrogens (tertiary/aromatic N) is 1. The minimum atomic E-state index is -0.701. The number of hydrogen-bond acceptors (Lipinski definition) is 7. The number of halogens is 1. The van der Waals surface area contributed by atoms with Gasteiger partial charge in [0, 0.05) is 11.6 Å². The molecule has 8 nitrogen and oxygen atoms in total. The lowest BCUT2D eigenvalue weighted by atomic mass is 9.97. The summed E-state index contributed by atoms with van der Waals surface area (Å²) in [6, 6.07) is 13.8. The monoisotopic (exact) mass is 591 g/mol. The number of amides is 1. The van der Waals surface area contributed by atoms with Crippen molar-refractivity contribution in [2.75, 3.05) is 34.0 Å². The molecule has 1 aromatic heterocycles. The van der Waals surface area contributed by atoms with Gasteiger partial charge in [-0.1, -0.05) is 30.7 Å². The van der Waals surface area contributed by atoms with Gasteiger partial charge in [0.25, 0.3) is 5.91 Å². The fourth-order valence-electron chi connectivity index (χ4n) is 5.30. The fourth-order valence-corrected chi connectivity index (χ4v) is 5.46. The molecule has 4 aromatic rings. The molecule has 0 N–H and O–H groups in total. The zero-order valence-corrected chi connectivity index (χ0v) is 25.2. The van der Waals surface area contributed by atoms with Crippen LogP contribution in [-0.2, 0) is 6.42 Å². The van der Waals surface area contributed by atoms with Gasteiger partial charge in [-0.05, 0) is 79.8 Å². The Kier molecular flexibility index (Phi) is 8.64. The first-order chi connectivity index (χ1) is 20.3. The third-order valence-corrected chi connectivity index (χ3v) is 7.79. The highest BCUT2D eigenvalue weighted by Gasteiger charge is 2.43. The van der Waals surface area contributed by atoms with Crippen LogP contribution in [-0.4, -0.2) is 44.8 Å². The van der Waals surface area contributed by atoms with E-state index in [9.17, 15) is 9.59 Å². The summed E-state index contributed by atoms with van der Waals surface area (Å²) in [5, 5.41) is 0.786. The van der Waals surface area contributed by atoms with Crippen molar-refractivity contribution in [3.63, 3.8) is 0 Å². The van der Waals surface area contributed by atoms with Gasteiger partial charge in [-0.3, -0.25) is 9.59 Å². The van der Waals surface area contributed by atoms with Crippen molar-refractivity contribution in [2.24, 2.45) is 0 Å². The van der Waals surface area contributed by atoms with Crippen LogP contribution in [0.2, 0.25) is 5.02 Å². The standard InChI is InChI=1S/C33H34ClNO7/c1-6-14-41-25-11-9-21(17-28(25)40-7-2)30-29-31(36)22-18-23(34)19(3)15-26(22)42-32(29)33(37)35(30)13-12-20-8-10-24(38-4)27(16-20)39-5/h8-11,15-18,30H,6-7,12-14H2,1-5H3. The molecule has 220 valence electrons. The Hall–Kier alpha value is -4.17. The minimum Gasteiger partial charge on any atom is -0.493 e. The van der Waals surface area contributed by atoms with Crippen LogP contribution in [0.25, 0.3) is 11.0 Å². The molecular formula is C33H34ClNO7. The molecule has 1 atom stereocenters. The number of ether oxygens (including phenoxy) is 4. The number of aryl methyl sites for hydroxylation is 1. The van der Waals surface area contributed by atoms with Gasteiger partial charge >= 0.3 is 0 Å². The lowest BCUT2D eigenvalue weighted by molar-refractivity contribution is 0.0729. The molecule has 0 bridgehead atoms. The molecule has 0 radical (unpaired) electrons. The van der Waals surface area contributed by atoms with Crippen LogP contribution in [0.3, 0.4) is 0 Å². The summed E-state index contributed by atoms with van der Waals surface area (Å²) in [5.74, 6) is 2.06. The van der Waals surface area contributed by atoms with E-state index < -0.39 is 6.04 Å². The SMILES string of the molecule is CCCOc1ccc(C2c3c(oc4cc(C)c(Cl)cc4c3=O)C(=O)N2CCc2ccc(OC)c(OC)c2)cc1OCC. The second kappa shape index (κ2) is 12.4. The molecule has 0 aliphatic carbocycles. The second-order valence-electron chi connectivity index (χ2n) is 10.1. The average molecular weight is 592 g/mol. The zero-order valence-electron chi connectivity index (χ0n) is 24.4. The van der Waals surface area contributed by atoms with Gasteiger partial charge in [0.05, 0.1) is 44.4 Å². The number of rotatable bonds is 11. The summed E-state index contributed by atoms with van der Waals surface area (Å²) in [5.41, 5.74) is 2.73. The smallest absolute Gasteiger partial charge is 0.290 e. The Balaban J connectivity index is 1.62. The predicted octanol–water partition coefficient (Wildman–Crippen LogP) is 6.75. The summed E-state index contributed by atoms with van der Waals surface area (Å²) in [7, 11) is 3.16. The molecule has 9 heteroatoms. The van der Waals surface area contributed by atoms with Crippen LogP contribution >= 0.6 is 11.6 Å². The van der Waals surface area contributed by atoms with Gasteiger partial charge in [-0.25, -0.2) is 0 Å². The third-order valence-electron chi connectivity index (χ3n) is 7.38. The summed E-state index contributed by atoms with van der Waals surface area (Å²) in [6.07, 6.45) is 1.35. The molecule has 1 unspecified atom stereocenters. The zero-order chi connectivity index (χ0) is 30.0. The van der Waals surface area contributed by atoms with Crippen molar-refractivity contribution in [3.05, 3.63) is 91.8 Å². The summed E-state index contributed by atoms with van der Waals surface area (Å²) >= 11 is 6.39. The van der Waals surface area contributed by atoms with Crippen molar-refractivity contribution in [1.82, 2.24) is 4.90 Å². The van der Waals surface area contributed by atoms with E-state index in [-0.39, 0.29) is 22.7 Å². The van der Waals surface area contributed by atoms with Gasteiger partial charge in [-0.15, -0.1) is 0 Å². The van der Waals surface area contributed by atoms with Gasteiger partial charge in [-0.2, -0.15) is 0 Å². The third kappa shape index (κ3) is 5.39. The summed E-state index contributed by atoms with van der Waals surface area (Å²) in [4.78, 5) is 29.7. The average Bonchev–Trinajstić information content (AvgIpc) is 3.27. The molecule has 0 fully saturated rings. The van der Waals surface area contributed by atoms with E-state index >= 15 is 0 Å². The largest absolute Gasteiger partial charge is 0.493 e. The topological polar surface area (TPSA) is 87.4 Å². The predicted molar refractivity (Wildman–Crippen MR) is 162 cm³/mol. The van der Waals surface area contributed by atoms with Crippen LogP contribution in [0.4, 0.5) is 0 Å². The molecule has 0 saturated heterocycles.